The summed E-state index contributed by atoms with van der Waals surface area (Å²) in [6, 6.07) is 1.45. The lowest BCUT2D eigenvalue weighted by atomic mass is 9.93. The molecule has 1 fully saturated rings. The Balaban J connectivity index is 1.62. The molecular formula is C21H24F3N5O3S. The van der Waals surface area contributed by atoms with Gasteiger partial charge in [-0.3, -0.25) is 4.79 Å². The minimum absolute atomic E-state index is 0.0462. The lowest BCUT2D eigenvalue weighted by Gasteiger charge is -2.33. The van der Waals surface area contributed by atoms with Crippen molar-refractivity contribution in [1.82, 2.24) is 24.5 Å². The van der Waals surface area contributed by atoms with E-state index >= 15 is 0 Å². The fourth-order valence-electron chi connectivity index (χ4n) is 3.92. The molecule has 0 aliphatic carbocycles. The zero-order valence-electron chi connectivity index (χ0n) is 18.6. The van der Waals surface area contributed by atoms with Crippen LogP contribution in [0.2, 0.25) is 0 Å². The second-order valence-corrected chi connectivity index (χ2v) is 10.2. The summed E-state index contributed by atoms with van der Waals surface area (Å²) in [6.07, 6.45) is -2.31. The first-order valence-corrected chi connectivity index (χ1v) is 11.3. The zero-order chi connectivity index (χ0) is 24.1. The van der Waals surface area contributed by atoms with Crippen molar-refractivity contribution < 1.29 is 22.7 Å². The lowest BCUT2D eigenvalue weighted by Crippen LogP contribution is -2.41. The van der Waals surface area contributed by atoms with Gasteiger partial charge in [-0.05, 0) is 40.5 Å². The molecule has 0 unspecified atom stereocenters. The fraction of sp³-hybridized carbons (Fsp3) is 0.524. The first kappa shape index (κ1) is 23.3. The molecule has 0 spiro atoms. The number of amides is 1. The Morgan fingerprint density at radius 1 is 1.24 bits per heavy atom. The van der Waals surface area contributed by atoms with Gasteiger partial charge in [-0.25, -0.2) is 14.3 Å². The van der Waals surface area contributed by atoms with Crippen LogP contribution in [0.25, 0.3) is 16.2 Å². The van der Waals surface area contributed by atoms with Gasteiger partial charge in [-0.15, -0.1) is 11.3 Å². The maximum atomic E-state index is 13.2. The summed E-state index contributed by atoms with van der Waals surface area (Å²) in [6.45, 7) is 7.71. The van der Waals surface area contributed by atoms with Crippen molar-refractivity contribution >= 4 is 23.1 Å². The predicted octanol–water partition coefficient (Wildman–Crippen LogP) is 4.59. The Morgan fingerprint density at radius 2 is 1.91 bits per heavy atom. The number of fused-ring (bicyclic) bond motifs is 1. The van der Waals surface area contributed by atoms with Gasteiger partial charge in [-0.1, -0.05) is 0 Å². The Kier molecular flexibility index (Phi) is 5.75. The standard InChI is InChI=1S/C21H24F3N5O3S/c1-11-16(21(22,23)24)27-18(33-11)13-10-25-29-14(9-15(30)26-17(13)29)12-5-7-28(8-6-12)19(31)32-20(2,3)4/h9-10,12H,5-8H2,1-4H3,(H,26,30). The number of piperidine rings is 1. The quantitative estimate of drug-likeness (QED) is 0.576. The molecule has 12 heteroatoms. The molecule has 33 heavy (non-hydrogen) atoms. The van der Waals surface area contributed by atoms with Crippen molar-refractivity contribution in [2.45, 2.75) is 58.2 Å². The van der Waals surface area contributed by atoms with E-state index < -0.39 is 17.5 Å². The van der Waals surface area contributed by atoms with Crippen LogP contribution in [0.4, 0.5) is 18.0 Å². The molecule has 1 aliphatic rings. The second-order valence-electron chi connectivity index (χ2n) is 9.04. The molecule has 0 bridgehead atoms. The molecule has 1 N–H and O–H groups in total. The van der Waals surface area contributed by atoms with E-state index in [9.17, 15) is 22.8 Å². The van der Waals surface area contributed by atoms with Gasteiger partial charge < -0.3 is 14.6 Å². The van der Waals surface area contributed by atoms with E-state index in [-0.39, 0.29) is 27.5 Å². The molecule has 0 atom stereocenters. The summed E-state index contributed by atoms with van der Waals surface area (Å²) in [5.74, 6) is -0.0509. The number of nitrogens with one attached hydrogen (secondary N) is 1. The molecule has 8 nitrogen and oxygen atoms in total. The summed E-state index contributed by atoms with van der Waals surface area (Å²) in [4.78, 5) is 32.9. The molecule has 1 amide bonds. The van der Waals surface area contributed by atoms with Crippen molar-refractivity contribution in [1.29, 1.82) is 0 Å². The van der Waals surface area contributed by atoms with Crippen LogP contribution in [0.15, 0.2) is 17.1 Å². The maximum Gasteiger partial charge on any atom is 0.434 e. The van der Waals surface area contributed by atoms with Gasteiger partial charge >= 0.3 is 12.3 Å². The van der Waals surface area contributed by atoms with E-state index in [1.807, 2.05) is 20.8 Å². The molecule has 1 saturated heterocycles. The van der Waals surface area contributed by atoms with Crippen LogP contribution in [0.1, 0.15) is 55.8 Å². The first-order chi connectivity index (χ1) is 15.3. The van der Waals surface area contributed by atoms with Gasteiger partial charge in [0.15, 0.2) is 5.69 Å². The number of halogens is 3. The average Bonchev–Trinajstić information content (AvgIpc) is 3.29. The number of aromatic amines is 1. The van der Waals surface area contributed by atoms with E-state index in [1.165, 1.54) is 19.2 Å². The summed E-state index contributed by atoms with van der Waals surface area (Å²) < 4.78 is 46.6. The number of hydrogen-bond acceptors (Lipinski definition) is 6. The number of ether oxygens (including phenoxy) is 1. The number of carbonyl (C=O) groups is 1. The van der Waals surface area contributed by atoms with Crippen molar-refractivity contribution in [2.75, 3.05) is 13.1 Å². The molecule has 0 radical (unpaired) electrons. The van der Waals surface area contributed by atoms with Gasteiger partial charge in [0.05, 0.1) is 17.5 Å². The van der Waals surface area contributed by atoms with Gasteiger partial charge in [0.1, 0.15) is 16.3 Å². The lowest BCUT2D eigenvalue weighted by molar-refractivity contribution is -0.141. The number of aromatic nitrogens is 4. The number of hydrogen-bond donors (Lipinski definition) is 1. The number of aryl methyl sites for hydroxylation is 1. The maximum absolute atomic E-state index is 13.2. The highest BCUT2D eigenvalue weighted by Gasteiger charge is 2.37. The molecule has 1 aliphatic heterocycles. The molecule has 178 valence electrons. The van der Waals surface area contributed by atoms with Crippen LogP contribution >= 0.6 is 11.3 Å². The van der Waals surface area contributed by atoms with E-state index in [0.29, 0.717) is 42.8 Å². The van der Waals surface area contributed by atoms with Crippen LogP contribution in [0, 0.1) is 6.92 Å². The summed E-state index contributed by atoms with van der Waals surface area (Å²) in [5, 5.41) is 4.48. The van der Waals surface area contributed by atoms with Gasteiger partial charge in [0.25, 0.3) is 5.56 Å². The average molecular weight is 484 g/mol. The summed E-state index contributed by atoms with van der Waals surface area (Å²) in [5.41, 5.74) is -0.613. The number of alkyl halides is 3. The molecule has 4 rings (SSSR count). The van der Waals surface area contributed by atoms with Crippen LogP contribution in [0.3, 0.4) is 0 Å². The topological polar surface area (TPSA) is 92.6 Å². The summed E-state index contributed by atoms with van der Waals surface area (Å²) in [7, 11) is 0. The van der Waals surface area contributed by atoms with Gasteiger partial charge in [0.2, 0.25) is 0 Å². The van der Waals surface area contributed by atoms with Crippen molar-refractivity contribution in [2.24, 2.45) is 0 Å². The van der Waals surface area contributed by atoms with E-state index in [2.05, 4.69) is 15.1 Å². The van der Waals surface area contributed by atoms with Crippen molar-refractivity contribution in [3.8, 4) is 10.6 Å². The smallest absolute Gasteiger partial charge is 0.434 e. The molecule has 4 heterocycles. The Hall–Kier alpha value is -2.89. The number of rotatable bonds is 2. The molecule has 0 aromatic carbocycles. The predicted molar refractivity (Wildman–Crippen MR) is 116 cm³/mol. The number of H-pyrrole nitrogens is 1. The fourth-order valence-corrected chi connectivity index (χ4v) is 4.86. The van der Waals surface area contributed by atoms with E-state index in [1.54, 1.807) is 9.42 Å². The third-order valence-electron chi connectivity index (χ3n) is 5.39. The number of carbonyl (C=O) groups excluding carboxylic acids is 1. The molecule has 0 saturated carbocycles. The van der Waals surface area contributed by atoms with E-state index in [0.717, 1.165) is 11.3 Å². The van der Waals surface area contributed by atoms with Crippen molar-refractivity contribution in [3.63, 3.8) is 0 Å². The largest absolute Gasteiger partial charge is 0.444 e. The molecule has 3 aromatic rings. The van der Waals surface area contributed by atoms with E-state index in [4.69, 9.17) is 4.74 Å². The van der Waals surface area contributed by atoms with Crippen LogP contribution in [-0.2, 0) is 10.9 Å². The first-order valence-electron chi connectivity index (χ1n) is 10.5. The minimum Gasteiger partial charge on any atom is -0.444 e. The van der Waals surface area contributed by atoms with Gasteiger partial charge in [-0.2, -0.15) is 18.3 Å². The Labute approximate surface area is 191 Å². The highest BCUT2D eigenvalue weighted by molar-refractivity contribution is 7.15. The van der Waals surface area contributed by atoms with Crippen molar-refractivity contribution in [3.05, 3.63) is 38.9 Å². The highest BCUT2D eigenvalue weighted by atomic mass is 32.1. The SMILES string of the molecule is Cc1sc(-c2cnn3c(C4CCN(C(=O)OC(C)(C)C)CC4)cc(=O)[nH]c23)nc1C(F)(F)F. The summed E-state index contributed by atoms with van der Waals surface area (Å²) >= 11 is 0.904. The number of nitrogens with zero attached hydrogens (tertiary/aromatic N) is 4. The van der Waals surface area contributed by atoms with Crippen LogP contribution in [0.5, 0.6) is 0 Å². The normalized spacial score (nSPS) is 15.9. The minimum atomic E-state index is -4.55. The van der Waals surface area contributed by atoms with Crippen LogP contribution < -0.4 is 5.56 Å². The molecular weight excluding hydrogens is 459 g/mol. The number of thiazole rings is 1. The van der Waals surface area contributed by atoms with Crippen LogP contribution in [-0.4, -0.2) is 49.3 Å². The highest BCUT2D eigenvalue weighted by Crippen LogP contribution is 2.38. The Morgan fingerprint density at radius 3 is 2.48 bits per heavy atom. The van der Waals surface area contributed by atoms with Gasteiger partial charge in [0, 0.05) is 30.0 Å². The monoisotopic (exact) mass is 483 g/mol. The molecule has 3 aromatic heterocycles. The third kappa shape index (κ3) is 4.75. The third-order valence-corrected chi connectivity index (χ3v) is 6.40. The second kappa shape index (κ2) is 8.15. The zero-order valence-corrected chi connectivity index (χ0v) is 19.4. The number of likely N-dealkylation sites (tertiary alicyclic amines) is 1. The Bertz CT molecular complexity index is 1250.